The van der Waals surface area contributed by atoms with E-state index in [9.17, 15) is 8.42 Å². The standard InChI is InChI=1S/C9H19NO2S/c1-8(2)4-6-13(11,12)7-9-3-5-10-9/h8-10H,3-7H2,1-2H3. The molecule has 1 fully saturated rings. The highest BCUT2D eigenvalue weighted by molar-refractivity contribution is 7.91. The van der Waals surface area contributed by atoms with Crippen molar-refractivity contribution in [1.29, 1.82) is 0 Å². The van der Waals surface area contributed by atoms with E-state index in [1.807, 2.05) is 0 Å². The third kappa shape index (κ3) is 4.09. The second kappa shape index (κ2) is 4.42. The van der Waals surface area contributed by atoms with Crippen LogP contribution in [0.5, 0.6) is 0 Å². The van der Waals surface area contributed by atoms with Crippen molar-refractivity contribution in [3.05, 3.63) is 0 Å². The maximum absolute atomic E-state index is 11.5. The molecule has 1 atom stereocenters. The molecule has 0 saturated carbocycles. The summed E-state index contributed by atoms with van der Waals surface area (Å²) in [6, 6.07) is 0.233. The first kappa shape index (κ1) is 11.0. The molecule has 1 rings (SSSR count). The van der Waals surface area contributed by atoms with Crippen LogP contribution in [0.3, 0.4) is 0 Å². The van der Waals surface area contributed by atoms with Gasteiger partial charge in [-0.3, -0.25) is 0 Å². The largest absolute Gasteiger partial charge is 0.313 e. The smallest absolute Gasteiger partial charge is 0.151 e. The Bertz CT molecular complexity index is 242. The SMILES string of the molecule is CC(C)CCS(=O)(=O)CC1CCN1. The Kier molecular flexibility index (Phi) is 3.74. The Hall–Kier alpha value is -0.0900. The molecule has 1 heterocycles. The maximum Gasteiger partial charge on any atom is 0.151 e. The minimum absolute atomic E-state index is 0.233. The Morgan fingerprint density at radius 2 is 2.08 bits per heavy atom. The number of hydrogen-bond acceptors (Lipinski definition) is 3. The highest BCUT2D eigenvalue weighted by Crippen LogP contribution is 2.09. The molecular formula is C9H19NO2S. The first-order chi connectivity index (χ1) is 5.99. The van der Waals surface area contributed by atoms with Crippen LogP contribution in [0.15, 0.2) is 0 Å². The van der Waals surface area contributed by atoms with E-state index in [1.165, 1.54) is 0 Å². The fourth-order valence-electron chi connectivity index (χ4n) is 1.30. The van der Waals surface area contributed by atoms with Crippen LogP contribution in [-0.4, -0.2) is 32.5 Å². The first-order valence-electron chi connectivity index (χ1n) is 4.93. The van der Waals surface area contributed by atoms with Crippen LogP contribution in [0.1, 0.15) is 26.7 Å². The van der Waals surface area contributed by atoms with Crippen LogP contribution in [0, 0.1) is 5.92 Å². The number of nitrogens with one attached hydrogen (secondary N) is 1. The minimum Gasteiger partial charge on any atom is -0.313 e. The highest BCUT2D eigenvalue weighted by atomic mass is 32.2. The molecule has 0 spiro atoms. The van der Waals surface area contributed by atoms with E-state index < -0.39 is 9.84 Å². The zero-order valence-corrected chi connectivity index (χ0v) is 9.23. The van der Waals surface area contributed by atoms with E-state index in [1.54, 1.807) is 0 Å². The Balaban J connectivity index is 2.28. The van der Waals surface area contributed by atoms with E-state index in [0.29, 0.717) is 17.4 Å². The van der Waals surface area contributed by atoms with Gasteiger partial charge in [0.15, 0.2) is 9.84 Å². The molecule has 0 radical (unpaired) electrons. The van der Waals surface area contributed by atoms with Gasteiger partial charge in [0.05, 0.1) is 11.5 Å². The van der Waals surface area contributed by atoms with Crippen molar-refractivity contribution in [2.45, 2.75) is 32.7 Å². The summed E-state index contributed by atoms with van der Waals surface area (Å²) in [5, 5.41) is 3.11. The molecule has 3 nitrogen and oxygen atoms in total. The molecule has 0 amide bonds. The molecular weight excluding hydrogens is 186 g/mol. The van der Waals surface area contributed by atoms with Crippen molar-refractivity contribution in [2.75, 3.05) is 18.1 Å². The third-order valence-electron chi connectivity index (χ3n) is 2.39. The van der Waals surface area contributed by atoms with E-state index in [2.05, 4.69) is 19.2 Å². The van der Waals surface area contributed by atoms with E-state index >= 15 is 0 Å². The van der Waals surface area contributed by atoms with Crippen molar-refractivity contribution >= 4 is 9.84 Å². The molecule has 13 heavy (non-hydrogen) atoms. The number of hydrogen-bond donors (Lipinski definition) is 1. The lowest BCUT2D eigenvalue weighted by molar-refractivity contribution is 0.398. The highest BCUT2D eigenvalue weighted by Gasteiger charge is 2.23. The molecule has 1 N–H and O–H groups in total. The van der Waals surface area contributed by atoms with Gasteiger partial charge in [0.2, 0.25) is 0 Å². The molecule has 4 heteroatoms. The summed E-state index contributed by atoms with van der Waals surface area (Å²) in [6.07, 6.45) is 1.80. The van der Waals surface area contributed by atoms with Crippen LogP contribution in [0.2, 0.25) is 0 Å². The predicted octanol–water partition coefficient (Wildman–Crippen LogP) is 0.809. The lowest BCUT2D eigenvalue weighted by atomic mass is 10.1. The molecule has 0 aliphatic carbocycles. The summed E-state index contributed by atoms with van der Waals surface area (Å²) < 4.78 is 23.0. The second-order valence-electron chi connectivity index (χ2n) is 4.24. The van der Waals surface area contributed by atoms with Gasteiger partial charge in [0.25, 0.3) is 0 Å². The summed E-state index contributed by atoms with van der Waals surface area (Å²) in [6.45, 7) is 5.08. The summed E-state index contributed by atoms with van der Waals surface area (Å²) in [7, 11) is -2.80. The monoisotopic (exact) mass is 205 g/mol. The fourth-order valence-corrected chi connectivity index (χ4v) is 3.19. The summed E-state index contributed by atoms with van der Waals surface area (Å²) >= 11 is 0. The minimum atomic E-state index is -2.80. The normalized spacial score (nSPS) is 23.2. The molecule has 0 bridgehead atoms. The van der Waals surface area contributed by atoms with E-state index in [4.69, 9.17) is 0 Å². The van der Waals surface area contributed by atoms with Crippen LogP contribution in [0.4, 0.5) is 0 Å². The van der Waals surface area contributed by atoms with Crippen molar-refractivity contribution in [2.24, 2.45) is 5.92 Å². The van der Waals surface area contributed by atoms with Gasteiger partial charge in [-0.25, -0.2) is 8.42 Å². The van der Waals surface area contributed by atoms with Crippen molar-refractivity contribution in [3.63, 3.8) is 0 Å². The fraction of sp³-hybridized carbons (Fsp3) is 1.00. The van der Waals surface area contributed by atoms with Gasteiger partial charge in [-0.05, 0) is 25.3 Å². The summed E-state index contributed by atoms with van der Waals surface area (Å²) in [4.78, 5) is 0. The van der Waals surface area contributed by atoms with Gasteiger partial charge >= 0.3 is 0 Å². The Labute approximate surface area is 80.8 Å². The third-order valence-corrected chi connectivity index (χ3v) is 4.16. The topological polar surface area (TPSA) is 46.2 Å². The van der Waals surface area contributed by atoms with Crippen LogP contribution in [-0.2, 0) is 9.84 Å². The van der Waals surface area contributed by atoms with Gasteiger partial charge in [0, 0.05) is 6.04 Å². The lowest BCUT2D eigenvalue weighted by Crippen LogP contribution is -2.47. The predicted molar refractivity (Wildman–Crippen MR) is 54.5 cm³/mol. The van der Waals surface area contributed by atoms with Gasteiger partial charge in [0.1, 0.15) is 0 Å². The van der Waals surface area contributed by atoms with Gasteiger partial charge in [-0.2, -0.15) is 0 Å². The molecule has 1 aliphatic rings. The molecule has 78 valence electrons. The number of sulfone groups is 1. The molecule has 0 aromatic rings. The zero-order valence-electron chi connectivity index (χ0n) is 8.41. The van der Waals surface area contributed by atoms with Crippen LogP contribution in [0.25, 0.3) is 0 Å². The summed E-state index contributed by atoms with van der Waals surface area (Å²) in [5.74, 6) is 1.16. The van der Waals surface area contributed by atoms with Crippen molar-refractivity contribution in [3.8, 4) is 0 Å². The number of rotatable bonds is 5. The Morgan fingerprint density at radius 3 is 2.46 bits per heavy atom. The second-order valence-corrected chi connectivity index (χ2v) is 6.47. The van der Waals surface area contributed by atoms with E-state index in [-0.39, 0.29) is 6.04 Å². The van der Waals surface area contributed by atoms with Crippen molar-refractivity contribution in [1.82, 2.24) is 5.32 Å². The van der Waals surface area contributed by atoms with Crippen LogP contribution < -0.4 is 5.32 Å². The summed E-state index contributed by atoms with van der Waals surface area (Å²) in [5.41, 5.74) is 0. The van der Waals surface area contributed by atoms with Crippen LogP contribution >= 0.6 is 0 Å². The lowest BCUT2D eigenvalue weighted by Gasteiger charge is -2.27. The zero-order chi connectivity index (χ0) is 9.90. The average molecular weight is 205 g/mol. The van der Waals surface area contributed by atoms with Crippen molar-refractivity contribution < 1.29 is 8.42 Å². The first-order valence-corrected chi connectivity index (χ1v) is 6.75. The molecule has 1 unspecified atom stereocenters. The maximum atomic E-state index is 11.5. The quantitative estimate of drug-likeness (QED) is 0.722. The van der Waals surface area contributed by atoms with E-state index in [0.717, 1.165) is 19.4 Å². The van der Waals surface area contributed by atoms with Gasteiger partial charge in [-0.15, -0.1) is 0 Å². The molecule has 0 aromatic carbocycles. The average Bonchev–Trinajstić information content (AvgIpc) is 1.94. The molecule has 0 aromatic heterocycles. The molecule has 1 saturated heterocycles. The van der Waals surface area contributed by atoms with Gasteiger partial charge < -0.3 is 5.32 Å². The molecule has 1 aliphatic heterocycles. The Morgan fingerprint density at radius 1 is 1.46 bits per heavy atom. The van der Waals surface area contributed by atoms with Gasteiger partial charge in [-0.1, -0.05) is 13.8 Å².